The maximum atomic E-state index is 11.9. The Kier molecular flexibility index (Phi) is 5.93. The predicted octanol–water partition coefficient (Wildman–Crippen LogP) is 3.27. The van der Waals surface area contributed by atoms with Gasteiger partial charge in [0, 0.05) is 31.8 Å². The highest BCUT2D eigenvalue weighted by molar-refractivity contribution is 7.99. The van der Waals surface area contributed by atoms with Gasteiger partial charge in [0.05, 0.1) is 21.0 Å². The van der Waals surface area contributed by atoms with Crippen LogP contribution in [0.4, 0.5) is 0 Å². The van der Waals surface area contributed by atoms with Gasteiger partial charge in [-0.25, -0.2) is 4.98 Å². The van der Waals surface area contributed by atoms with E-state index in [4.69, 9.17) is 4.42 Å². The molecule has 0 saturated heterocycles. The SMILES string of the molecule is O=C(CSc1nnc(CCc2nc3ccccc3s2)o1)NCc1cccnc1. The third kappa shape index (κ3) is 4.93. The van der Waals surface area contributed by atoms with Crippen LogP contribution < -0.4 is 5.32 Å². The Morgan fingerprint density at radius 2 is 2.07 bits per heavy atom. The quantitative estimate of drug-likeness (QED) is 0.445. The summed E-state index contributed by atoms with van der Waals surface area (Å²) in [6.45, 7) is 0.449. The number of thioether (sulfide) groups is 1. The molecule has 3 heterocycles. The van der Waals surface area contributed by atoms with Crippen LogP contribution in [0.1, 0.15) is 16.5 Å². The summed E-state index contributed by atoms with van der Waals surface area (Å²) in [5.74, 6) is 0.681. The fourth-order valence-corrected chi connectivity index (χ4v) is 4.10. The van der Waals surface area contributed by atoms with Crippen molar-refractivity contribution in [3.05, 3.63) is 65.3 Å². The number of aromatic nitrogens is 4. The van der Waals surface area contributed by atoms with Crippen molar-refractivity contribution in [3.63, 3.8) is 0 Å². The number of amides is 1. The Balaban J connectivity index is 1.23. The number of hydrogen-bond acceptors (Lipinski definition) is 8. The molecule has 0 saturated carbocycles. The molecule has 4 rings (SSSR count). The molecule has 4 aromatic rings. The van der Waals surface area contributed by atoms with Crippen molar-refractivity contribution in [1.82, 2.24) is 25.5 Å². The highest BCUT2D eigenvalue weighted by atomic mass is 32.2. The molecule has 0 unspecified atom stereocenters. The van der Waals surface area contributed by atoms with E-state index in [0.29, 0.717) is 24.1 Å². The number of pyridine rings is 1. The van der Waals surface area contributed by atoms with Gasteiger partial charge in [-0.15, -0.1) is 21.5 Å². The molecule has 9 heteroatoms. The number of rotatable bonds is 8. The molecular formula is C19H17N5O2S2. The molecule has 0 bridgehead atoms. The molecule has 0 atom stereocenters. The van der Waals surface area contributed by atoms with Crippen LogP contribution in [0.2, 0.25) is 0 Å². The highest BCUT2D eigenvalue weighted by Gasteiger charge is 2.11. The minimum Gasteiger partial charge on any atom is -0.416 e. The molecule has 1 amide bonds. The van der Waals surface area contributed by atoms with E-state index in [1.165, 1.54) is 16.5 Å². The maximum absolute atomic E-state index is 11.9. The van der Waals surface area contributed by atoms with Crippen molar-refractivity contribution < 1.29 is 9.21 Å². The third-order valence-electron chi connectivity index (χ3n) is 3.88. The number of para-hydroxylation sites is 1. The molecule has 0 aliphatic rings. The van der Waals surface area contributed by atoms with Crippen molar-refractivity contribution in [3.8, 4) is 0 Å². The topological polar surface area (TPSA) is 93.8 Å². The molecule has 7 nitrogen and oxygen atoms in total. The summed E-state index contributed by atoms with van der Waals surface area (Å²) >= 11 is 2.91. The number of aryl methyl sites for hydroxylation is 2. The van der Waals surface area contributed by atoms with Gasteiger partial charge in [-0.05, 0) is 23.8 Å². The van der Waals surface area contributed by atoms with Gasteiger partial charge in [-0.1, -0.05) is 30.0 Å². The van der Waals surface area contributed by atoms with E-state index in [9.17, 15) is 4.79 Å². The normalized spacial score (nSPS) is 11.0. The summed E-state index contributed by atoms with van der Waals surface area (Å²) in [6.07, 6.45) is 4.80. The second-order valence-electron chi connectivity index (χ2n) is 5.96. The van der Waals surface area contributed by atoms with Crippen LogP contribution in [0, 0.1) is 0 Å². The van der Waals surface area contributed by atoms with E-state index in [1.54, 1.807) is 23.7 Å². The second-order valence-corrected chi connectivity index (χ2v) is 8.01. The zero-order valence-electron chi connectivity index (χ0n) is 14.9. The molecule has 3 aromatic heterocycles. The Labute approximate surface area is 169 Å². The summed E-state index contributed by atoms with van der Waals surface area (Å²) in [5.41, 5.74) is 1.97. The van der Waals surface area contributed by atoms with Crippen LogP contribution in [0.5, 0.6) is 0 Å². The number of hydrogen-bond donors (Lipinski definition) is 1. The Morgan fingerprint density at radius 3 is 2.93 bits per heavy atom. The van der Waals surface area contributed by atoms with Crippen LogP contribution in [0.15, 0.2) is 58.4 Å². The fourth-order valence-electron chi connectivity index (χ4n) is 2.52. The number of nitrogens with one attached hydrogen (secondary N) is 1. The predicted molar refractivity (Wildman–Crippen MR) is 108 cm³/mol. The number of nitrogens with zero attached hydrogens (tertiary/aromatic N) is 4. The fraction of sp³-hybridized carbons (Fsp3) is 0.211. The molecule has 0 radical (unpaired) electrons. The summed E-state index contributed by atoms with van der Waals surface area (Å²) in [6, 6.07) is 11.8. The lowest BCUT2D eigenvalue weighted by Crippen LogP contribution is -2.24. The summed E-state index contributed by atoms with van der Waals surface area (Å²) in [7, 11) is 0. The Morgan fingerprint density at radius 1 is 1.14 bits per heavy atom. The lowest BCUT2D eigenvalue weighted by atomic mass is 10.3. The number of thiazole rings is 1. The van der Waals surface area contributed by atoms with Crippen LogP contribution >= 0.6 is 23.1 Å². The first-order valence-electron chi connectivity index (χ1n) is 8.71. The van der Waals surface area contributed by atoms with Gasteiger partial charge in [-0.2, -0.15) is 0 Å². The molecule has 0 aliphatic heterocycles. The van der Waals surface area contributed by atoms with E-state index < -0.39 is 0 Å². The highest BCUT2D eigenvalue weighted by Crippen LogP contribution is 2.23. The molecule has 1 N–H and O–H groups in total. The van der Waals surface area contributed by atoms with Crippen LogP contribution in [0.25, 0.3) is 10.2 Å². The summed E-state index contributed by atoms with van der Waals surface area (Å²) < 4.78 is 6.80. The average molecular weight is 412 g/mol. The zero-order chi connectivity index (χ0) is 19.2. The first-order chi connectivity index (χ1) is 13.8. The smallest absolute Gasteiger partial charge is 0.277 e. The number of carbonyl (C=O) groups excluding carboxylic acids is 1. The molecular weight excluding hydrogens is 394 g/mol. The van der Waals surface area contributed by atoms with Crippen molar-refractivity contribution in [1.29, 1.82) is 0 Å². The van der Waals surface area contributed by atoms with Gasteiger partial charge >= 0.3 is 0 Å². The van der Waals surface area contributed by atoms with Crippen LogP contribution in [0.3, 0.4) is 0 Å². The van der Waals surface area contributed by atoms with E-state index in [2.05, 4.69) is 31.5 Å². The third-order valence-corrected chi connectivity index (χ3v) is 5.79. The number of fused-ring (bicyclic) bond motifs is 1. The maximum Gasteiger partial charge on any atom is 0.277 e. The van der Waals surface area contributed by atoms with Gasteiger partial charge in [0.1, 0.15) is 0 Å². The lowest BCUT2D eigenvalue weighted by Gasteiger charge is -2.03. The lowest BCUT2D eigenvalue weighted by molar-refractivity contribution is -0.118. The Bertz CT molecular complexity index is 1030. The van der Waals surface area contributed by atoms with E-state index in [0.717, 1.165) is 22.5 Å². The van der Waals surface area contributed by atoms with Gasteiger partial charge in [0.15, 0.2) is 0 Å². The van der Waals surface area contributed by atoms with Crippen LogP contribution in [-0.2, 0) is 24.2 Å². The monoisotopic (exact) mass is 411 g/mol. The van der Waals surface area contributed by atoms with E-state index in [-0.39, 0.29) is 11.7 Å². The number of carbonyl (C=O) groups is 1. The van der Waals surface area contributed by atoms with Gasteiger partial charge in [-0.3, -0.25) is 9.78 Å². The number of benzene rings is 1. The molecule has 142 valence electrons. The average Bonchev–Trinajstić information content (AvgIpc) is 3.36. The van der Waals surface area contributed by atoms with Crippen molar-refractivity contribution in [2.45, 2.75) is 24.6 Å². The summed E-state index contributed by atoms with van der Waals surface area (Å²) in [5, 5.41) is 12.3. The zero-order valence-corrected chi connectivity index (χ0v) is 16.5. The molecule has 28 heavy (non-hydrogen) atoms. The summed E-state index contributed by atoms with van der Waals surface area (Å²) in [4.78, 5) is 20.6. The standard InChI is InChI=1S/C19H17N5O2S2/c25-16(21-11-13-4-3-9-20-10-13)12-27-19-24-23-17(26-19)7-8-18-22-14-5-1-2-6-15(14)28-18/h1-6,9-10H,7-8,11-12H2,(H,21,25). The van der Waals surface area contributed by atoms with Crippen molar-refractivity contribution >= 4 is 39.2 Å². The second kappa shape index (κ2) is 8.94. The molecule has 0 fully saturated rings. The van der Waals surface area contributed by atoms with Gasteiger partial charge in [0.25, 0.3) is 5.22 Å². The van der Waals surface area contributed by atoms with Crippen LogP contribution in [-0.4, -0.2) is 31.8 Å². The van der Waals surface area contributed by atoms with Crippen molar-refractivity contribution in [2.24, 2.45) is 0 Å². The Hall–Kier alpha value is -2.78. The van der Waals surface area contributed by atoms with Gasteiger partial charge in [0.2, 0.25) is 11.8 Å². The minimum absolute atomic E-state index is 0.0944. The minimum atomic E-state index is -0.0944. The largest absolute Gasteiger partial charge is 0.416 e. The molecule has 0 spiro atoms. The molecule has 0 aliphatic carbocycles. The van der Waals surface area contributed by atoms with Crippen molar-refractivity contribution in [2.75, 3.05) is 5.75 Å². The first-order valence-corrected chi connectivity index (χ1v) is 10.5. The van der Waals surface area contributed by atoms with E-state index >= 15 is 0 Å². The first kappa shape index (κ1) is 18.6. The van der Waals surface area contributed by atoms with E-state index in [1.807, 2.05) is 30.3 Å². The van der Waals surface area contributed by atoms with Gasteiger partial charge < -0.3 is 9.73 Å². The molecule has 1 aromatic carbocycles.